The van der Waals surface area contributed by atoms with Crippen molar-refractivity contribution in [3.63, 3.8) is 0 Å². The molecule has 10 heteroatoms. The number of sulfonamides is 2. The van der Waals surface area contributed by atoms with E-state index in [0.29, 0.717) is 19.7 Å². The molecule has 1 saturated carbocycles. The number of nitrogens with one attached hydrogen (secondary N) is 3. The van der Waals surface area contributed by atoms with Crippen molar-refractivity contribution >= 4 is 20.0 Å². The van der Waals surface area contributed by atoms with Crippen molar-refractivity contribution in [3.8, 4) is 0 Å². The Hall–Kier alpha value is -1.04. The fraction of sp³-hybridized carbons (Fsp3) is 0.571. The second-order valence-corrected chi connectivity index (χ2v) is 8.99. The van der Waals surface area contributed by atoms with Gasteiger partial charge in [0.05, 0.1) is 16.4 Å². The van der Waals surface area contributed by atoms with Crippen LogP contribution < -0.4 is 14.8 Å². The Balaban J connectivity index is 1.91. The van der Waals surface area contributed by atoms with Crippen molar-refractivity contribution < 1.29 is 21.6 Å². The second-order valence-electron chi connectivity index (χ2n) is 5.51. The van der Waals surface area contributed by atoms with Gasteiger partial charge >= 0.3 is 0 Å². The summed E-state index contributed by atoms with van der Waals surface area (Å²) < 4.78 is 58.3. The molecule has 8 nitrogen and oxygen atoms in total. The summed E-state index contributed by atoms with van der Waals surface area (Å²) in [6.45, 7) is 1.89. The lowest BCUT2D eigenvalue weighted by Crippen LogP contribution is -2.33. The Bertz CT molecular complexity index is 728. The van der Waals surface area contributed by atoms with Crippen molar-refractivity contribution in [2.45, 2.75) is 28.7 Å². The first-order chi connectivity index (χ1) is 11.3. The van der Waals surface area contributed by atoms with Gasteiger partial charge < -0.3 is 10.1 Å². The maximum atomic E-state index is 12.1. The summed E-state index contributed by atoms with van der Waals surface area (Å²) in [5.74, 6) is 0. The maximum absolute atomic E-state index is 12.1. The standard InChI is InChI=1S/C14H23N3O5S2/c1-22-11-10-15-8-9-16-23(18,19)13-4-6-14(7-5-13)24(20,21)17-12-2-3-12/h4-7,12,15-17H,2-3,8-11H2,1H3. The van der Waals surface area contributed by atoms with Crippen LogP contribution in [0.1, 0.15) is 12.8 Å². The highest BCUT2D eigenvalue weighted by Crippen LogP contribution is 2.22. The van der Waals surface area contributed by atoms with E-state index in [1.54, 1.807) is 7.11 Å². The number of hydrogen-bond donors (Lipinski definition) is 3. The first-order valence-electron chi connectivity index (χ1n) is 7.67. The number of rotatable bonds is 11. The average Bonchev–Trinajstić information content (AvgIpc) is 3.34. The van der Waals surface area contributed by atoms with Crippen LogP contribution in [0.4, 0.5) is 0 Å². The third kappa shape index (κ3) is 5.80. The highest BCUT2D eigenvalue weighted by molar-refractivity contribution is 7.90. The zero-order valence-corrected chi connectivity index (χ0v) is 15.1. The van der Waals surface area contributed by atoms with Crippen molar-refractivity contribution in [1.29, 1.82) is 0 Å². The summed E-state index contributed by atoms with van der Waals surface area (Å²) in [6.07, 6.45) is 1.68. The fourth-order valence-electron chi connectivity index (χ4n) is 1.94. The summed E-state index contributed by atoms with van der Waals surface area (Å²) in [6, 6.07) is 5.20. The van der Waals surface area contributed by atoms with E-state index in [1.807, 2.05) is 0 Å². The lowest BCUT2D eigenvalue weighted by Gasteiger charge is -2.09. The molecule has 1 aromatic rings. The van der Waals surface area contributed by atoms with Gasteiger partial charge in [0.25, 0.3) is 0 Å². The Morgan fingerprint density at radius 1 is 0.958 bits per heavy atom. The molecule has 0 amide bonds. The van der Waals surface area contributed by atoms with Crippen LogP contribution in [-0.2, 0) is 24.8 Å². The topological polar surface area (TPSA) is 114 Å². The zero-order chi connectivity index (χ0) is 17.6. The van der Waals surface area contributed by atoms with E-state index in [1.165, 1.54) is 24.3 Å². The number of ether oxygens (including phenoxy) is 1. The van der Waals surface area contributed by atoms with Crippen LogP contribution in [0.15, 0.2) is 34.1 Å². The molecule has 0 atom stereocenters. The molecular formula is C14H23N3O5S2. The van der Waals surface area contributed by atoms with Gasteiger partial charge in [-0.25, -0.2) is 26.3 Å². The quantitative estimate of drug-likeness (QED) is 0.454. The van der Waals surface area contributed by atoms with Gasteiger partial charge in [-0.3, -0.25) is 0 Å². The van der Waals surface area contributed by atoms with Gasteiger partial charge in [-0.05, 0) is 37.1 Å². The first kappa shape index (κ1) is 19.3. The first-order valence-corrected chi connectivity index (χ1v) is 10.6. The molecular weight excluding hydrogens is 354 g/mol. The van der Waals surface area contributed by atoms with Gasteiger partial charge in [-0.2, -0.15) is 0 Å². The van der Waals surface area contributed by atoms with Gasteiger partial charge in [0, 0.05) is 32.8 Å². The third-order valence-electron chi connectivity index (χ3n) is 3.42. The summed E-state index contributed by atoms with van der Waals surface area (Å²) in [5.41, 5.74) is 0. The average molecular weight is 377 g/mol. The van der Waals surface area contributed by atoms with Crippen LogP contribution in [0.2, 0.25) is 0 Å². The molecule has 2 rings (SSSR count). The molecule has 0 saturated heterocycles. The predicted octanol–water partition coefficient (Wildman–Crippen LogP) is -0.358. The van der Waals surface area contributed by atoms with Crippen molar-refractivity contribution in [1.82, 2.24) is 14.8 Å². The van der Waals surface area contributed by atoms with Crippen molar-refractivity contribution in [3.05, 3.63) is 24.3 Å². The smallest absolute Gasteiger partial charge is 0.240 e. The van der Waals surface area contributed by atoms with Crippen molar-refractivity contribution in [2.75, 3.05) is 33.4 Å². The molecule has 136 valence electrons. The Morgan fingerprint density at radius 2 is 1.54 bits per heavy atom. The fourth-order valence-corrected chi connectivity index (χ4v) is 4.28. The molecule has 3 N–H and O–H groups in total. The van der Waals surface area contributed by atoms with Gasteiger partial charge in [-0.1, -0.05) is 0 Å². The molecule has 0 heterocycles. The summed E-state index contributed by atoms with van der Waals surface area (Å²) >= 11 is 0. The van der Waals surface area contributed by atoms with Crippen LogP contribution in [0.5, 0.6) is 0 Å². The highest BCUT2D eigenvalue weighted by atomic mass is 32.2. The van der Waals surface area contributed by atoms with Crippen LogP contribution in [-0.4, -0.2) is 56.2 Å². The normalized spacial score (nSPS) is 15.5. The number of hydrogen-bond acceptors (Lipinski definition) is 6. The molecule has 0 unspecified atom stereocenters. The molecule has 1 aliphatic carbocycles. The molecule has 24 heavy (non-hydrogen) atoms. The van der Waals surface area contributed by atoms with E-state index in [-0.39, 0.29) is 22.4 Å². The van der Waals surface area contributed by atoms with E-state index >= 15 is 0 Å². The van der Waals surface area contributed by atoms with E-state index in [4.69, 9.17) is 4.74 Å². The van der Waals surface area contributed by atoms with Crippen molar-refractivity contribution in [2.24, 2.45) is 0 Å². The number of benzene rings is 1. The molecule has 1 aliphatic rings. The summed E-state index contributed by atoms with van der Waals surface area (Å²) in [7, 11) is -5.65. The van der Waals surface area contributed by atoms with Gasteiger partial charge in [0.15, 0.2) is 0 Å². The lowest BCUT2D eigenvalue weighted by atomic mass is 10.4. The van der Waals surface area contributed by atoms with E-state index < -0.39 is 20.0 Å². The predicted molar refractivity (Wildman–Crippen MR) is 89.7 cm³/mol. The van der Waals surface area contributed by atoms with Crippen LogP contribution in [0.25, 0.3) is 0 Å². The third-order valence-corrected chi connectivity index (χ3v) is 6.43. The van der Waals surface area contributed by atoms with E-state index in [0.717, 1.165) is 12.8 Å². The van der Waals surface area contributed by atoms with Crippen LogP contribution >= 0.6 is 0 Å². The Morgan fingerprint density at radius 3 is 2.08 bits per heavy atom. The van der Waals surface area contributed by atoms with E-state index in [2.05, 4.69) is 14.8 Å². The molecule has 0 spiro atoms. The molecule has 1 aromatic carbocycles. The minimum Gasteiger partial charge on any atom is -0.383 e. The van der Waals surface area contributed by atoms with E-state index in [9.17, 15) is 16.8 Å². The molecule has 0 aromatic heterocycles. The summed E-state index contributed by atoms with van der Waals surface area (Å²) in [4.78, 5) is 0.0966. The Labute approximate surface area is 143 Å². The van der Waals surface area contributed by atoms with Gasteiger partial charge in [0.1, 0.15) is 0 Å². The van der Waals surface area contributed by atoms with Crippen LogP contribution in [0, 0.1) is 0 Å². The van der Waals surface area contributed by atoms with Crippen LogP contribution in [0.3, 0.4) is 0 Å². The molecule has 0 radical (unpaired) electrons. The van der Waals surface area contributed by atoms with Gasteiger partial charge in [-0.15, -0.1) is 0 Å². The lowest BCUT2D eigenvalue weighted by molar-refractivity contribution is 0.199. The summed E-state index contributed by atoms with van der Waals surface area (Å²) in [5, 5.41) is 3.02. The highest BCUT2D eigenvalue weighted by Gasteiger charge is 2.28. The Kier molecular flexibility index (Phi) is 6.72. The SMILES string of the molecule is COCCNCCNS(=O)(=O)c1ccc(S(=O)(=O)NC2CC2)cc1. The largest absolute Gasteiger partial charge is 0.383 e. The molecule has 0 aliphatic heterocycles. The second kappa shape index (κ2) is 8.37. The minimum atomic E-state index is -3.66. The number of methoxy groups -OCH3 is 1. The maximum Gasteiger partial charge on any atom is 0.240 e. The molecule has 1 fully saturated rings. The monoisotopic (exact) mass is 377 g/mol. The molecule has 0 bridgehead atoms. The minimum absolute atomic E-state index is 0.00526. The zero-order valence-electron chi connectivity index (χ0n) is 13.5. The van der Waals surface area contributed by atoms with Gasteiger partial charge in [0.2, 0.25) is 20.0 Å².